The molecular weight excluding hydrogens is 332 g/mol. The summed E-state index contributed by atoms with van der Waals surface area (Å²) in [5.41, 5.74) is 5.14. The van der Waals surface area contributed by atoms with Gasteiger partial charge in [-0.3, -0.25) is 4.79 Å². The topological polar surface area (TPSA) is 82.8 Å². The first-order valence-corrected chi connectivity index (χ1v) is 8.80. The van der Waals surface area contributed by atoms with Gasteiger partial charge in [0.05, 0.1) is 18.8 Å². The lowest BCUT2D eigenvalue weighted by Gasteiger charge is -2.57. The summed E-state index contributed by atoms with van der Waals surface area (Å²) in [6.45, 7) is 9.32. The fourth-order valence-corrected chi connectivity index (χ4v) is 3.35. The Morgan fingerprint density at radius 2 is 2.17 bits per heavy atom. The lowest BCUT2D eigenvalue weighted by Crippen LogP contribution is -2.75. The predicted octanol–water partition coefficient (Wildman–Crippen LogP) is 1.64. The lowest BCUT2D eigenvalue weighted by atomic mass is 9.54. The van der Waals surface area contributed by atoms with E-state index in [-0.39, 0.29) is 35.9 Å². The number of rotatable bonds is 9. The standard InChI is InChI=1S/C17H32N2O4.ClH/c1-4-22-14-11-17(18,16(14,2)3)15(20)19-8-6-9-21-12-13-7-5-10-23-13;/h13-14H,4-12,18H2,1-3H3,(H,19,20);1H. The van der Waals surface area contributed by atoms with Gasteiger partial charge >= 0.3 is 0 Å². The van der Waals surface area contributed by atoms with Crippen molar-refractivity contribution in [3.63, 3.8) is 0 Å². The average Bonchev–Trinajstić information content (AvgIpc) is 3.03. The number of nitrogens with one attached hydrogen (secondary N) is 1. The van der Waals surface area contributed by atoms with E-state index in [1.165, 1.54) is 0 Å². The third-order valence-corrected chi connectivity index (χ3v) is 5.31. The van der Waals surface area contributed by atoms with Gasteiger partial charge in [-0.2, -0.15) is 0 Å². The fourth-order valence-electron chi connectivity index (χ4n) is 3.35. The summed E-state index contributed by atoms with van der Waals surface area (Å²) >= 11 is 0. The normalized spacial score (nSPS) is 31.2. The van der Waals surface area contributed by atoms with Crippen molar-refractivity contribution in [2.75, 3.05) is 33.0 Å². The highest BCUT2D eigenvalue weighted by atomic mass is 35.5. The zero-order valence-electron chi connectivity index (χ0n) is 15.1. The van der Waals surface area contributed by atoms with Crippen LogP contribution in [0.3, 0.4) is 0 Å². The van der Waals surface area contributed by atoms with Crippen molar-refractivity contribution in [2.24, 2.45) is 11.1 Å². The summed E-state index contributed by atoms with van der Waals surface area (Å²) in [5.74, 6) is -0.0856. The van der Waals surface area contributed by atoms with E-state index in [9.17, 15) is 4.79 Å². The Kier molecular flexibility index (Phi) is 8.42. The van der Waals surface area contributed by atoms with Crippen LogP contribution in [0, 0.1) is 5.41 Å². The third-order valence-electron chi connectivity index (χ3n) is 5.31. The first-order chi connectivity index (χ1) is 10.9. The molecule has 1 saturated carbocycles. The molecule has 0 radical (unpaired) electrons. The van der Waals surface area contributed by atoms with E-state index in [2.05, 4.69) is 5.32 Å². The molecular formula is C17H33ClN2O4. The summed E-state index contributed by atoms with van der Waals surface area (Å²) in [6, 6.07) is 0. The van der Waals surface area contributed by atoms with Crippen molar-refractivity contribution in [3.8, 4) is 0 Å². The monoisotopic (exact) mass is 364 g/mol. The molecule has 6 nitrogen and oxygen atoms in total. The van der Waals surface area contributed by atoms with Crippen LogP contribution in [0.15, 0.2) is 0 Å². The Balaban J connectivity index is 0.00000288. The fraction of sp³-hybridized carbons (Fsp3) is 0.941. The molecule has 3 N–H and O–H groups in total. The van der Waals surface area contributed by atoms with Crippen LogP contribution in [-0.2, 0) is 19.0 Å². The quantitative estimate of drug-likeness (QED) is 0.608. The SMILES string of the molecule is CCOC1CC(N)(C(=O)NCCCOCC2CCCO2)C1(C)C.Cl. The second-order valence-electron chi connectivity index (χ2n) is 7.16. The number of halogens is 1. The number of amides is 1. The Hall–Kier alpha value is -0.400. The van der Waals surface area contributed by atoms with E-state index >= 15 is 0 Å². The number of hydrogen-bond donors (Lipinski definition) is 2. The minimum Gasteiger partial charge on any atom is -0.379 e. The highest BCUT2D eigenvalue weighted by Gasteiger charge is 2.62. The average molecular weight is 365 g/mol. The predicted molar refractivity (Wildman–Crippen MR) is 95.4 cm³/mol. The Labute approximate surface area is 151 Å². The highest BCUT2D eigenvalue weighted by Crippen LogP contribution is 2.49. The van der Waals surface area contributed by atoms with Crippen molar-refractivity contribution in [1.82, 2.24) is 5.32 Å². The minimum atomic E-state index is -0.842. The first-order valence-electron chi connectivity index (χ1n) is 8.80. The summed E-state index contributed by atoms with van der Waals surface area (Å²) in [6.07, 6.45) is 3.88. The van der Waals surface area contributed by atoms with Crippen LogP contribution in [0.2, 0.25) is 0 Å². The van der Waals surface area contributed by atoms with Crippen molar-refractivity contribution in [1.29, 1.82) is 0 Å². The van der Waals surface area contributed by atoms with Crippen LogP contribution in [-0.4, -0.2) is 56.6 Å². The van der Waals surface area contributed by atoms with Gasteiger partial charge in [-0.25, -0.2) is 0 Å². The molecule has 142 valence electrons. The molecule has 2 rings (SSSR count). The maximum atomic E-state index is 12.4. The van der Waals surface area contributed by atoms with Crippen LogP contribution in [0.5, 0.6) is 0 Å². The zero-order chi connectivity index (χ0) is 16.9. The van der Waals surface area contributed by atoms with Gasteiger partial charge < -0.3 is 25.3 Å². The minimum absolute atomic E-state index is 0. The summed E-state index contributed by atoms with van der Waals surface area (Å²) < 4.78 is 16.7. The smallest absolute Gasteiger partial charge is 0.240 e. The summed E-state index contributed by atoms with van der Waals surface area (Å²) in [5, 5.41) is 2.94. The number of carbonyl (C=O) groups excluding carboxylic acids is 1. The molecule has 1 aliphatic carbocycles. The van der Waals surface area contributed by atoms with E-state index in [0.717, 1.165) is 25.9 Å². The first kappa shape index (κ1) is 21.6. The number of hydrogen-bond acceptors (Lipinski definition) is 5. The zero-order valence-corrected chi connectivity index (χ0v) is 16.0. The van der Waals surface area contributed by atoms with Crippen molar-refractivity contribution < 1.29 is 19.0 Å². The van der Waals surface area contributed by atoms with E-state index in [4.69, 9.17) is 19.9 Å². The third kappa shape index (κ3) is 4.61. The maximum Gasteiger partial charge on any atom is 0.240 e. The molecule has 0 spiro atoms. The van der Waals surface area contributed by atoms with E-state index < -0.39 is 5.54 Å². The molecule has 7 heteroatoms. The van der Waals surface area contributed by atoms with E-state index in [1.54, 1.807) is 0 Å². The van der Waals surface area contributed by atoms with E-state index in [0.29, 0.717) is 32.8 Å². The molecule has 3 atom stereocenters. The van der Waals surface area contributed by atoms with Gasteiger partial charge in [-0.1, -0.05) is 13.8 Å². The van der Waals surface area contributed by atoms with Gasteiger partial charge in [0.25, 0.3) is 0 Å². The molecule has 1 amide bonds. The second-order valence-corrected chi connectivity index (χ2v) is 7.16. The molecule has 3 unspecified atom stereocenters. The second kappa shape index (κ2) is 9.34. The molecule has 2 fully saturated rings. The Morgan fingerprint density at radius 3 is 2.75 bits per heavy atom. The molecule has 2 aliphatic rings. The van der Waals surface area contributed by atoms with Crippen molar-refractivity contribution >= 4 is 18.3 Å². The Bertz CT molecular complexity index is 402. The number of nitrogens with two attached hydrogens (primary N) is 1. The van der Waals surface area contributed by atoms with Crippen molar-refractivity contribution in [2.45, 2.75) is 64.2 Å². The number of carbonyl (C=O) groups is 1. The van der Waals surface area contributed by atoms with Crippen LogP contribution >= 0.6 is 12.4 Å². The molecule has 0 aromatic heterocycles. The molecule has 0 aromatic rings. The highest BCUT2D eigenvalue weighted by molar-refractivity contribution is 5.88. The summed E-state index contributed by atoms with van der Waals surface area (Å²) in [7, 11) is 0. The maximum absolute atomic E-state index is 12.4. The van der Waals surface area contributed by atoms with Gasteiger partial charge in [-0.15, -0.1) is 12.4 Å². The van der Waals surface area contributed by atoms with Crippen LogP contribution in [0.25, 0.3) is 0 Å². The van der Waals surface area contributed by atoms with Crippen LogP contribution in [0.1, 0.15) is 46.5 Å². The van der Waals surface area contributed by atoms with Gasteiger partial charge in [0.15, 0.2) is 0 Å². The van der Waals surface area contributed by atoms with Gasteiger partial charge in [0, 0.05) is 38.2 Å². The van der Waals surface area contributed by atoms with Crippen LogP contribution in [0.4, 0.5) is 0 Å². The molecule has 1 aliphatic heterocycles. The van der Waals surface area contributed by atoms with Crippen molar-refractivity contribution in [3.05, 3.63) is 0 Å². The Morgan fingerprint density at radius 1 is 1.42 bits per heavy atom. The largest absolute Gasteiger partial charge is 0.379 e. The van der Waals surface area contributed by atoms with E-state index in [1.807, 2.05) is 20.8 Å². The van der Waals surface area contributed by atoms with Gasteiger partial charge in [-0.05, 0) is 26.2 Å². The van der Waals surface area contributed by atoms with Gasteiger partial charge in [0.1, 0.15) is 5.54 Å². The molecule has 0 bridgehead atoms. The summed E-state index contributed by atoms with van der Waals surface area (Å²) in [4.78, 5) is 12.4. The molecule has 1 heterocycles. The molecule has 0 aromatic carbocycles. The lowest BCUT2D eigenvalue weighted by molar-refractivity contribution is -0.170. The number of ether oxygens (including phenoxy) is 3. The van der Waals surface area contributed by atoms with Crippen LogP contribution < -0.4 is 11.1 Å². The van der Waals surface area contributed by atoms with Gasteiger partial charge in [0.2, 0.25) is 5.91 Å². The molecule has 24 heavy (non-hydrogen) atoms. The molecule has 1 saturated heterocycles.